The molecule has 0 saturated heterocycles. The smallest absolute Gasteiger partial charge is 0.254 e. The van der Waals surface area contributed by atoms with Crippen molar-refractivity contribution in [2.45, 2.75) is 18.9 Å². The molecular weight excluding hydrogens is 284 g/mol. The molecule has 0 spiro atoms. The van der Waals surface area contributed by atoms with Crippen LogP contribution in [0.25, 0.3) is 0 Å². The summed E-state index contributed by atoms with van der Waals surface area (Å²) in [6.45, 7) is 0.393. The van der Waals surface area contributed by atoms with Gasteiger partial charge in [0, 0.05) is 28.3 Å². The van der Waals surface area contributed by atoms with E-state index in [4.69, 9.17) is 10.8 Å². The molecule has 0 aliphatic heterocycles. The van der Waals surface area contributed by atoms with E-state index in [9.17, 15) is 4.79 Å². The Kier molecular flexibility index (Phi) is 3.69. The number of nitrogens with two attached hydrogens (primary N) is 1. The van der Waals surface area contributed by atoms with E-state index in [2.05, 4.69) is 15.9 Å². The zero-order valence-corrected chi connectivity index (χ0v) is 11.0. The number of hydrogen-bond acceptors (Lipinski definition) is 3. The van der Waals surface area contributed by atoms with Gasteiger partial charge in [0.2, 0.25) is 0 Å². The number of carbonyl (C=O) groups excluding carboxylic acids is 1. The van der Waals surface area contributed by atoms with E-state index in [1.165, 1.54) is 0 Å². The van der Waals surface area contributed by atoms with Crippen molar-refractivity contribution in [3.8, 4) is 0 Å². The molecule has 0 bridgehead atoms. The molecule has 4 nitrogen and oxygen atoms in total. The molecular formula is C12H15BrN2O2. The van der Waals surface area contributed by atoms with Crippen LogP contribution in [0.2, 0.25) is 0 Å². The number of rotatable bonds is 4. The van der Waals surface area contributed by atoms with Crippen molar-refractivity contribution in [3.63, 3.8) is 0 Å². The number of halogens is 1. The van der Waals surface area contributed by atoms with Crippen LogP contribution in [0.1, 0.15) is 23.2 Å². The molecule has 1 saturated carbocycles. The average Bonchev–Trinajstić information content (AvgIpc) is 3.13. The lowest BCUT2D eigenvalue weighted by Crippen LogP contribution is -2.35. The number of nitrogen functional groups attached to an aromatic ring is 1. The minimum absolute atomic E-state index is 0.00161. The average molecular weight is 299 g/mol. The highest BCUT2D eigenvalue weighted by molar-refractivity contribution is 9.10. The Morgan fingerprint density at radius 1 is 1.53 bits per heavy atom. The molecule has 5 heteroatoms. The summed E-state index contributed by atoms with van der Waals surface area (Å²) in [4.78, 5) is 14.0. The third-order valence-electron chi connectivity index (χ3n) is 2.84. The molecule has 1 aliphatic carbocycles. The van der Waals surface area contributed by atoms with Crippen LogP contribution in [0.5, 0.6) is 0 Å². The molecule has 92 valence electrons. The van der Waals surface area contributed by atoms with Gasteiger partial charge in [0.15, 0.2) is 0 Å². The lowest BCUT2D eigenvalue weighted by atomic mass is 10.2. The van der Waals surface area contributed by atoms with Gasteiger partial charge >= 0.3 is 0 Å². The zero-order valence-electron chi connectivity index (χ0n) is 9.40. The summed E-state index contributed by atoms with van der Waals surface area (Å²) < 4.78 is 0.725. The van der Waals surface area contributed by atoms with E-state index in [0.29, 0.717) is 23.8 Å². The van der Waals surface area contributed by atoms with E-state index in [-0.39, 0.29) is 12.5 Å². The Morgan fingerprint density at radius 3 is 2.76 bits per heavy atom. The molecule has 2 rings (SSSR count). The maximum absolute atomic E-state index is 12.2. The predicted octanol–water partition coefficient (Wildman–Crippen LogP) is 1.63. The third kappa shape index (κ3) is 2.79. The summed E-state index contributed by atoms with van der Waals surface area (Å²) in [6.07, 6.45) is 2.06. The largest absolute Gasteiger partial charge is 0.398 e. The van der Waals surface area contributed by atoms with Gasteiger partial charge in [-0.25, -0.2) is 0 Å². The summed E-state index contributed by atoms with van der Waals surface area (Å²) in [7, 11) is 0. The number of anilines is 1. The van der Waals surface area contributed by atoms with Gasteiger partial charge in [-0.2, -0.15) is 0 Å². The summed E-state index contributed by atoms with van der Waals surface area (Å²) >= 11 is 3.31. The highest BCUT2D eigenvalue weighted by Crippen LogP contribution is 2.29. The van der Waals surface area contributed by atoms with Crippen molar-refractivity contribution in [1.29, 1.82) is 0 Å². The van der Waals surface area contributed by atoms with Crippen molar-refractivity contribution in [2.75, 3.05) is 18.9 Å². The first-order valence-electron chi connectivity index (χ1n) is 5.60. The maximum atomic E-state index is 12.2. The standard InChI is InChI=1S/C12H15BrN2O2/c13-10-7-8(1-4-11(10)14)12(17)15(5-6-16)9-2-3-9/h1,4,7,9,16H,2-3,5-6,14H2. The van der Waals surface area contributed by atoms with Crippen molar-refractivity contribution < 1.29 is 9.90 Å². The molecule has 1 aliphatic rings. The van der Waals surface area contributed by atoms with Crippen LogP contribution in [0.15, 0.2) is 22.7 Å². The van der Waals surface area contributed by atoms with Crippen molar-refractivity contribution in [3.05, 3.63) is 28.2 Å². The van der Waals surface area contributed by atoms with Crippen LogP contribution in [-0.4, -0.2) is 35.1 Å². The number of aliphatic hydroxyl groups is 1. The Bertz CT molecular complexity index is 433. The second kappa shape index (κ2) is 5.06. The molecule has 17 heavy (non-hydrogen) atoms. The van der Waals surface area contributed by atoms with Gasteiger partial charge in [0.1, 0.15) is 0 Å². The van der Waals surface area contributed by atoms with Crippen LogP contribution in [0, 0.1) is 0 Å². The summed E-state index contributed by atoms with van der Waals surface area (Å²) in [6, 6.07) is 5.45. The van der Waals surface area contributed by atoms with E-state index in [1.54, 1.807) is 23.1 Å². The van der Waals surface area contributed by atoms with Gasteiger partial charge < -0.3 is 15.7 Å². The fraction of sp³-hybridized carbons (Fsp3) is 0.417. The predicted molar refractivity (Wildman–Crippen MR) is 69.7 cm³/mol. The number of benzene rings is 1. The fourth-order valence-corrected chi connectivity index (χ4v) is 2.15. The lowest BCUT2D eigenvalue weighted by Gasteiger charge is -2.21. The quantitative estimate of drug-likeness (QED) is 0.830. The third-order valence-corrected chi connectivity index (χ3v) is 3.52. The lowest BCUT2D eigenvalue weighted by molar-refractivity contribution is 0.0707. The Balaban J connectivity index is 2.19. The first-order chi connectivity index (χ1) is 8.13. The highest BCUT2D eigenvalue weighted by Gasteiger charge is 2.32. The SMILES string of the molecule is Nc1ccc(C(=O)N(CCO)C2CC2)cc1Br. The molecule has 3 N–H and O–H groups in total. The zero-order chi connectivity index (χ0) is 12.4. The second-order valence-electron chi connectivity index (χ2n) is 4.19. The van der Waals surface area contributed by atoms with Gasteiger partial charge in [0.25, 0.3) is 5.91 Å². The van der Waals surface area contributed by atoms with Crippen molar-refractivity contribution in [1.82, 2.24) is 4.90 Å². The van der Waals surface area contributed by atoms with Crippen molar-refractivity contribution in [2.24, 2.45) is 0 Å². The van der Waals surface area contributed by atoms with E-state index in [1.807, 2.05) is 0 Å². The minimum Gasteiger partial charge on any atom is -0.398 e. The summed E-state index contributed by atoms with van der Waals surface area (Å²) in [5, 5.41) is 8.98. The minimum atomic E-state index is -0.0396. The molecule has 0 atom stereocenters. The molecule has 1 amide bonds. The Hall–Kier alpha value is -1.07. The first-order valence-corrected chi connectivity index (χ1v) is 6.39. The van der Waals surface area contributed by atoms with Gasteiger partial charge in [-0.05, 0) is 47.0 Å². The highest BCUT2D eigenvalue weighted by atomic mass is 79.9. The maximum Gasteiger partial charge on any atom is 0.254 e. The number of hydrogen-bond donors (Lipinski definition) is 2. The van der Waals surface area contributed by atoms with E-state index in [0.717, 1.165) is 17.3 Å². The molecule has 0 aromatic heterocycles. The van der Waals surface area contributed by atoms with Gasteiger partial charge in [0.05, 0.1) is 6.61 Å². The number of nitrogens with zero attached hydrogens (tertiary/aromatic N) is 1. The number of amides is 1. The van der Waals surface area contributed by atoms with E-state index < -0.39 is 0 Å². The van der Waals surface area contributed by atoms with Crippen LogP contribution in [0.3, 0.4) is 0 Å². The summed E-state index contributed by atoms with van der Waals surface area (Å²) in [5.41, 5.74) is 6.90. The summed E-state index contributed by atoms with van der Waals surface area (Å²) in [5.74, 6) is -0.0396. The van der Waals surface area contributed by atoms with Crippen LogP contribution in [-0.2, 0) is 0 Å². The Labute approximate surface area is 109 Å². The first kappa shape index (κ1) is 12.4. The second-order valence-corrected chi connectivity index (χ2v) is 5.04. The monoisotopic (exact) mass is 298 g/mol. The van der Waals surface area contributed by atoms with Crippen LogP contribution >= 0.6 is 15.9 Å². The van der Waals surface area contributed by atoms with Gasteiger partial charge in [-0.3, -0.25) is 4.79 Å². The molecule has 0 unspecified atom stereocenters. The van der Waals surface area contributed by atoms with E-state index >= 15 is 0 Å². The molecule has 1 aromatic carbocycles. The Morgan fingerprint density at radius 2 is 2.24 bits per heavy atom. The molecule has 1 aromatic rings. The number of carbonyl (C=O) groups is 1. The van der Waals surface area contributed by atoms with Crippen LogP contribution in [0.4, 0.5) is 5.69 Å². The molecule has 0 heterocycles. The van der Waals surface area contributed by atoms with Crippen molar-refractivity contribution >= 4 is 27.5 Å². The normalized spacial score (nSPS) is 14.7. The molecule has 1 fully saturated rings. The fourth-order valence-electron chi connectivity index (χ4n) is 1.77. The number of aliphatic hydroxyl groups excluding tert-OH is 1. The van der Waals surface area contributed by atoms with Gasteiger partial charge in [-0.15, -0.1) is 0 Å². The van der Waals surface area contributed by atoms with Crippen LogP contribution < -0.4 is 5.73 Å². The topological polar surface area (TPSA) is 66.6 Å². The molecule has 0 radical (unpaired) electrons. The van der Waals surface area contributed by atoms with Gasteiger partial charge in [-0.1, -0.05) is 0 Å².